The maximum absolute atomic E-state index is 12.7. The zero-order valence-electron chi connectivity index (χ0n) is 14.7. The first kappa shape index (κ1) is 18.0. The number of benzene rings is 2. The molecular formula is C20H21NO5S. The standard InChI is InChI=1S/C20H21NO5S/c22-18(23)12-9-13-5-4-8-15-19-16(10-11-17(19)26-20(13)15)21-27(24,25)14-6-2-1-3-7-14/h1-8,16-17,19,21H,9-12H2,(H,22,23). The minimum absolute atomic E-state index is 0.0409. The van der Waals surface area contributed by atoms with E-state index in [0.29, 0.717) is 12.8 Å². The maximum Gasteiger partial charge on any atom is 0.303 e. The summed E-state index contributed by atoms with van der Waals surface area (Å²) in [5.74, 6) is -0.167. The fraction of sp³-hybridized carbons (Fsp3) is 0.350. The van der Waals surface area contributed by atoms with E-state index in [0.717, 1.165) is 23.3 Å². The average Bonchev–Trinajstić information content (AvgIpc) is 3.20. The van der Waals surface area contributed by atoms with Gasteiger partial charge in [0.25, 0.3) is 0 Å². The molecule has 0 aromatic heterocycles. The number of sulfonamides is 1. The highest BCUT2D eigenvalue weighted by molar-refractivity contribution is 7.89. The zero-order valence-corrected chi connectivity index (χ0v) is 15.5. The number of ether oxygens (including phenoxy) is 1. The summed E-state index contributed by atoms with van der Waals surface area (Å²) < 4.78 is 34.4. The summed E-state index contributed by atoms with van der Waals surface area (Å²) in [4.78, 5) is 11.1. The van der Waals surface area contributed by atoms with E-state index in [9.17, 15) is 13.2 Å². The Morgan fingerprint density at radius 3 is 2.63 bits per heavy atom. The Morgan fingerprint density at radius 1 is 1.11 bits per heavy atom. The van der Waals surface area contributed by atoms with Crippen LogP contribution in [0.5, 0.6) is 5.75 Å². The van der Waals surface area contributed by atoms with Gasteiger partial charge in [0, 0.05) is 23.9 Å². The Kier molecular flexibility index (Phi) is 4.65. The Hall–Kier alpha value is -2.38. The van der Waals surface area contributed by atoms with Crippen molar-refractivity contribution in [2.24, 2.45) is 0 Å². The van der Waals surface area contributed by atoms with Gasteiger partial charge in [-0.3, -0.25) is 4.79 Å². The van der Waals surface area contributed by atoms with Crippen molar-refractivity contribution in [3.8, 4) is 5.75 Å². The van der Waals surface area contributed by atoms with Crippen LogP contribution >= 0.6 is 0 Å². The Morgan fingerprint density at radius 2 is 1.89 bits per heavy atom. The molecule has 2 aliphatic rings. The molecule has 3 atom stereocenters. The number of carbonyl (C=O) groups is 1. The van der Waals surface area contributed by atoms with Crippen LogP contribution in [0.3, 0.4) is 0 Å². The van der Waals surface area contributed by atoms with Crippen molar-refractivity contribution in [3.05, 3.63) is 59.7 Å². The molecule has 142 valence electrons. The molecular weight excluding hydrogens is 366 g/mol. The summed E-state index contributed by atoms with van der Waals surface area (Å²) in [7, 11) is -3.60. The highest BCUT2D eigenvalue weighted by Crippen LogP contribution is 2.48. The van der Waals surface area contributed by atoms with Gasteiger partial charge in [-0.15, -0.1) is 0 Å². The molecule has 0 spiro atoms. The molecule has 7 heteroatoms. The topological polar surface area (TPSA) is 92.7 Å². The molecule has 1 aliphatic carbocycles. The Balaban J connectivity index is 1.59. The molecule has 0 radical (unpaired) electrons. The lowest BCUT2D eigenvalue weighted by atomic mass is 9.92. The van der Waals surface area contributed by atoms with Crippen LogP contribution in [0.15, 0.2) is 53.4 Å². The highest BCUT2D eigenvalue weighted by Gasteiger charge is 2.46. The van der Waals surface area contributed by atoms with E-state index in [-0.39, 0.29) is 29.4 Å². The molecule has 2 aromatic carbocycles. The first-order chi connectivity index (χ1) is 13.0. The number of fused-ring (bicyclic) bond motifs is 3. The second-order valence-corrected chi connectivity index (χ2v) is 8.74. The van der Waals surface area contributed by atoms with Crippen molar-refractivity contribution in [1.29, 1.82) is 0 Å². The number of carboxylic acids is 1. The molecule has 1 aliphatic heterocycles. The van der Waals surface area contributed by atoms with Gasteiger partial charge >= 0.3 is 5.97 Å². The third kappa shape index (κ3) is 3.44. The first-order valence-electron chi connectivity index (χ1n) is 9.03. The third-order valence-corrected chi connectivity index (χ3v) is 6.83. The fourth-order valence-electron chi connectivity index (χ4n) is 4.11. The van der Waals surface area contributed by atoms with E-state index in [2.05, 4.69) is 4.72 Å². The normalized spacial score (nSPS) is 23.5. The number of carboxylic acid groups (broad SMARTS) is 1. The van der Waals surface area contributed by atoms with Crippen molar-refractivity contribution in [3.63, 3.8) is 0 Å². The predicted molar refractivity (Wildman–Crippen MR) is 99.3 cm³/mol. The summed E-state index contributed by atoms with van der Waals surface area (Å²) >= 11 is 0. The van der Waals surface area contributed by atoms with Gasteiger partial charge in [-0.05, 0) is 37.0 Å². The molecule has 4 rings (SSSR count). The van der Waals surface area contributed by atoms with Gasteiger partial charge in [-0.25, -0.2) is 13.1 Å². The second kappa shape index (κ2) is 6.98. The van der Waals surface area contributed by atoms with Crippen molar-refractivity contribution >= 4 is 16.0 Å². The monoisotopic (exact) mass is 387 g/mol. The van der Waals surface area contributed by atoms with Crippen molar-refractivity contribution in [2.45, 2.75) is 48.6 Å². The number of aryl methyl sites for hydroxylation is 1. The summed E-state index contributed by atoms with van der Waals surface area (Å²) in [6, 6.07) is 13.8. The molecule has 0 saturated heterocycles. The Bertz CT molecular complexity index is 958. The SMILES string of the molecule is O=C(O)CCc1cccc2c1OC1CCC(NS(=O)(=O)c3ccccc3)C21. The summed E-state index contributed by atoms with van der Waals surface area (Å²) in [6.07, 6.45) is 1.84. The quantitative estimate of drug-likeness (QED) is 0.795. The van der Waals surface area contributed by atoms with Gasteiger partial charge in [0.1, 0.15) is 11.9 Å². The fourth-order valence-corrected chi connectivity index (χ4v) is 5.43. The largest absolute Gasteiger partial charge is 0.489 e. The molecule has 1 heterocycles. The molecule has 2 aromatic rings. The molecule has 3 unspecified atom stereocenters. The van der Waals surface area contributed by atoms with Crippen molar-refractivity contribution in [2.75, 3.05) is 0 Å². The lowest BCUT2D eigenvalue weighted by Gasteiger charge is -2.19. The number of nitrogens with one attached hydrogen (secondary N) is 1. The van der Waals surface area contributed by atoms with Crippen LogP contribution in [0, 0.1) is 0 Å². The molecule has 1 saturated carbocycles. The van der Waals surface area contributed by atoms with E-state index in [4.69, 9.17) is 9.84 Å². The lowest BCUT2D eigenvalue weighted by Crippen LogP contribution is -2.37. The van der Waals surface area contributed by atoms with E-state index in [1.165, 1.54) is 0 Å². The van der Waals surface area contributed by atoms with Crippen LogP contribution in [0.2, 0.25) is 0 Å². The van der Waals surface area contributed by atoms with E-state index in [1.807, 2.05) is 18.2 Å². The van der Waals surface area contributed by atoms with Crippen LogP contribution in [-0.4, -0.2) is 31.6 Å². The minimum Gasteiger partial charge on any atom is -0.489 e. The van der Waals surface area contributed by atoms with Crippen LogP contribution in [0.1, 0.15) is 36.3 Å². The van der Waals surface area contributed by atoms with Gasteiger partial charge < -0.3 is 9.84 Å². The molecule has 0 amide bonds. The molecule has 6 nitrogen and oxygen atoms in total. The number of aliphatic carboxylic acids is 1. The van der Waals surface area contributed by atoms with Crippen molar-refractivity contribution in [1.82, 2.24) is 4.72 Å². The highest BCUT2D eigenvalue weighted by atomic mass is 32.2. The van der Waals surface area contributed by atoms with Gasteiger partial charge in [0.05, 0.1) is 4.90 Å². The van der Waals surface area contributed by atoms with E-state index >= 15 is 0 Å². The molecule has 27 heavy (non-hydrogen) atoms. The van der Waals surface area contributed by atoms with Gasteiger partial charge in [0.2, 0.25) is 10.0 Å². The van der Waals surface area contributed by atoms with E-state index in [1.54, 1.807) is 30.3 Å². The smallest absolute Gasteiger partial charge is 0.303 e. The van der Waals surface area contributed by atoms with Crippen LogP contribution in [-0.2, 0) is 21.2 Å². The molecule has 1 fully saturated rings. The number of para-hydroxylation sites is 1. The lowest BCUT2D eigenvalue weighted by molar-refractivity contribution is -0.136. The number of rotatable bonds is 6. The minimum atomic E-state index is -3.60. The maximum atomic E-state index is 12.7. The van der Waals surface area contributed by atoms with Crippen LogP contribution < -0.4 is 9.46 Å². The average molecular weight is 387 g/mol. The third-order valence-electron chi connectivity index (χ3n) is 5.32. The van der Waals surface area contributed by atoms with E-state index < -0.39 is 16.0 Å². The van der Waals surface area contributed by atoms with Crippen LogP contribution in [0.25, 0.3) is 0 Å². The zero-order chi connectivity index (χ0) is 19.0. The van der Waals surface area contributed by atoms with Crippen molar-refractivity contribution < 1.29 is 23.1 Å². The Labute approximate surface area is 158 Å². The van der Waals surface area contributed by atoms with Gasteiger partial charge in [0.15, 0.2) is 0 Å². The molecule has 0 bridgehead atoms. The summed E-state index contributed by atoms with van der Waals surface area (Å²) in [6.45, 7) is 0. The summed E-state index contributed by atoms with van der Waals surface area (Å²) in [5.41, 5.74) is 1.84. The van der Waals surface area contributed by atoms with Gasteiger partial charge in [-0.2, -0.15) is 0 Å². The van der Waals surface area contributed by atoms with Gasteiger partial charge in [-0.1, -0.05) is 36.4 Å². The van der Waals surface area contributed by atoms with Crippen LogP contribution in [0.4, 0.5) is 0 Å². The molecule has 2 N–H and O–H groups in total. The first-order valence-corrected chi connectivity index (χ1v) is 10.5. The summed E-state index contributed by atoms with van der Waals surface area (Å²) in [5, 5.41) is 8.95. The number of hydrogen-bond acceptors (Lipinski definition) is 4. The predicted octanol–water partition coefficient (Wildman–Crippen LogP) is 2.69. The second-order valence-electron chi connectivity index (χ2n) is 7.03. The number of hydrogen-bond donors (Lipinski definition) is 2.